The number of hydrogen-bond acceptors (Lipinski definition) is 6. The van der Waals surface area contributed by atoms with E-state index in [0.29, 0.717) is 35.8 Å². The number of carbonyl (C=O) groups excluding carboxylic acids is 3. The largest absolute Gasteiger partial charge is 0.462 e. The summed E-state index contributed by atoms with van der Waals surface area (Å²) in [5, 5.41) is 7.40. The van der Waals surface area contributed by atoms with Gasteiger partial charge in [-0.15, -0.1) is 11.3 Å². The van der Waals surface area contributed by atoms with Crippen molar-refractivity contribution >= 4 is 39.9 Å². The lowest BCUT2D eigenvalue weighted by atomic mass is 10.1. The zero-order valence-corrected chi connectivity index (χ0v) is 17.9. The van der Waals surface area contributed by atoms with Crippen LogP contribution >= 0.6 is 11.3 Å². The summed E-state index contributed by atoms with van der Waals surface area (Å²) in [6.07, 6.45) is 1.72. The Bertz CT molecular complexity index is 1030. The van der Waals surface area contributed by atoms with E-state index in [2.05, 4.69) is 15.6 Å². The highest BCUT2D eigenvalue weighted by Crippen LogP contribution is 2.18. The van der Waals surface area contributed by atoms with E-state index in [1.54, 1.807) is 29.6 Å². The number of amides is 2. The second kappa shape index (κ2) is 11.0. The maximum Gasteiger partial charge on any atom is 0.338 e. The van der Waals surface area contributed by atoms with Crippen LogP contribution in [0, 0.1) is 0 Å². The molecule has 0 saturated heterocycles. The number of benzene rings is 2. The Kier molecular flexibility index (Phi) is 7.89. The summed E-state index contributed by atoms with van der Waals surface area (Å²) in [6.45, 7) is 2.29. The Morgan fingerprint density at radius 1 is 1.00 bits per heavy atom. The van der Waals surface area contributed by atoms with Crippen LogP contribution in [0.5, 0.6) is 0 Å². The van der Waals surface area contributed by atoms with Gasteiger partial charge in [0.2, 0.25) is 5.91 Å². The maximum absolute atomic E-state index is 12.4. The van der Waals surface area contributed by atoms with Crippen LogP contribution in [-0.2, 0) is 16.0 Å². The predicted molar refractivity (Wildman–Crippen MR) is 120 cm³/mol. The molecule has 0 unspecified atom stereocenters. The molecule has 1 heterocycles. The van der Waals surface area contributed by atoms with Gasteiger partial charge in [-0.2, -0.15) is 0 Å². The summed E-state index contributed by atoms with van der Waals surface area (Å²) >= 11 is 1.19. The summed E-state index contributed by atoms with van der Waals surface area (Å²) in [5.41, 5.74) is 2.23. The second-order valence-electron chi connectivity index (χ2n) is 6.74. The van der Waals surface area contributed by atoms with E-state index in [-0.39, 0.29) is 11.6 Å². The monoisotopic (exact) mass is 437 g/mol. The standard InChI is InChI=1S/C23H23N3O4S/c1-2-14-30-22(29)17-9-11-18(12-10-17)24-21(28)19-15-31-23(25-19)26-20(27)13-8-16-6-4-3-5-7-16/h3-7,9-12,15H,2,8,13-14H2,1H3,(H,24,28)(H,25,26,27). The molecule has 7 nitrogen and oxygen atoms in total. The van der Waals surface area contributed by atoms with Gasteiger partial charge in [-0.05, 0) is 42.7 Å². The van der Waals surface area contributed by atoms with E-state index in [4.69, 9.17) is 4.74 Å². The molecule has 3 rings (SSSR count). The van der Waals surface area contributed by atoms with Crippen LogP contribution in [0.2, 0.25) is 0 Å². The first kappa shape index (κ1) is 22.2. The molecular weight excluding hydrogens is 414 g/mol. The van der Waals surface area contributed by atoms with E-state index < -0.39 is 11.9 Å². The number of esters is 1. The van der Waals surface area contributed by atoms with E-state index in [9.17, 15) is 14.4 Å². The predicted octanol–water partition coefficient (Wildman–Crippen LogP) is 4.53. The van der Waals surface area contributed by atoms with E-state index in [1.165, 1.54) is 11.3 Å². The summed E-state index contributed by atoms with van der Waals surface area (Å²) < 4.78 is 5.07. The highest BCUT2D eigenvalue weighted by molar-refractivity contribution is 7.14. The molecule has 2 N–H and O–H groups in total. The van der Waals surface area contributed by atoms with E-state index in [1.807, 2.05) is 37.3 Å². The summed E-state index contributed by atoms with van der Waals surface area (Å²) in [4.78, 5) is 40.5. The third-order valence-corrected chi connectivity index (χ3v) is 5.04. The molecule has 160 valence electrons. The Hall–Kier alpha value is -3.52. The van der Waals surface area contributed by atoms with Crippen LogP contribution in [0.25, 0.3) is 0 Å². The van der Waals surface area contributed by atoms with Crippen molar-refractivity contribution in [2.45, 2.75) is 26.2 Å². The topological polar surface area (TPSA) is 97.4 Å². The van der Waals surface area contributed by atoms with Crippen LogP contribution < -0.4 is 10.6 Å². The fraction of sp³-hybridized carbons (Fsp3) is 0.217. The average Bonchev–Trinajstić information content (AvgIpc) is 3.26. The molecular formula is C23H23N3O4S. The average molecular weight is 438 g/mol. The van der Waals surface area contributed by atoms with E-state index in [0.717, 1.165) is 12.0 Å². The fourth-order valence-corrected chi connectivity index (χ4v) is 3.39. The summed E-state index contributed by atoms with van der Waals surface area (Å²) in [5.74, 6) is -0.954. The van der Waals surface area contributed by atoms with Crippen LogP contribution in [-0.4, -0.2) is 29.4 Å². The number of aryl methyl sites for hydroxylation is 1. The molecule has 0 spiro atoms. The molecule has 0 bridgehead atoms. The van der Waals surface area contributed by atoms with Crippen molar-refractivity contribution in [1.29, 1.82) is 0 Å². The molecule has 0 atom stereocenters. The van der Waals surface area contributed by atoms with Crippen LogP contribution in [0.15, 0.2) is 60.0 Å². The van der Waals surface area contributed by atoms with Gasteiger partial charge in [0.25, 0.3) is 5.91 Å². The molecule has 31 heavy (non-hydrogen) atoms. The minimum absolute atomic E-state index is 0.157. The van der Waals surface area contributed by atoms with Gasteiger partial charge >= 0.3 is 5.97 Å². The zero-order valence-electron chi connectivity index (χ0n) is 17.1. The van der Waals surface area contributed by atoms with Gasteiger partial charge in [0, 0.05) is 17.5 Å². The van der Waals surface area contributed by atoms with Gasteiger partial charge in [0.05, 0.1) is 12.2 Å². The molecule has 0 aliphatic heterocycles. The normalized spacial score (nSPS) is 10.4. The number of nitrogens with one attached hydrogen (secondary N) is 2. The van der Waals surface area contributed by atoms with Gasteiger partial charge in [0.1, 0.15) is 5.69 Å². The van der Waals surface area contributed by atoms with Crippen molar-refractivity contribution in [2.24, 2.45) is 0 Å². The molecule has 0 fully saturated rings. The quantitative estimate of drug-likeness (QED) is 0.479. The highest BCUT2D eigenvalue weighted by atomic mass is 32.1. The smallest absolute Gasteiger partial charge is 0.338 e. The minimum atomic E-state index is -0.401. The van der Waals surface area contributed by atoms with Crippen molar-refractivity contribution < 1.29 is 19.1 Å². The summed E-state index contributed by atoms with van der Waals surface area (Å²) in [7, 11) is 0. The van der Waals surface area contributed by atoms with Crippen LogP contribution in [0.3, 0.4) is 0 Å². The first-order valence-corrected chi connectivity index (χ1v) is 10.8. The zero-order chi connectivity index (χ0) is 22.1. The molecule has 2 aromatic carbocycles. The van der Waals surface area contributed by atoms with Crippen molar-refractivity contribution in [1.82, 2.24) is 4.98 Å². The lowest BCUT2D eigenvalue weighted by molar-refractivity contribution is -0.116. The molecule has 8 heteroatoms. The van der Waals surface area contributed by atoms with Gasteiger partial charge in [0.15, 0.2) is 5.13 Å². The fourth-order valence-electron chi connectivity index (χ4n) is 2.68. The Balaban J connectivity index is 1.50. The van der Waals surface area contributed by atoms with Crippen molar-refractivity contribution in [3.8, 4) is 0 Å². The second-order valence-corrected chi connectivity index (χ2v) is 7.60. The first-order chi connectivity index (χ1) is 15.0. The lowest BCUT2D eigenvalue weighted by Crippen LogP contribution is -2.14. The first-order valence-electron chi connectivity index (χ1n) is 9.93. The third kappa shape index (κ3) is 6.75. The molecule has 0 aliphatic carbocycles. The van der Waals surface area contributed by atoms with Crippen LogP contribution in [0.1, 0.15) is 46.2 Å². The number of hydrogen-bond donors (Lipinski definition) is 2. The number of carbonyl (C=O) groups is 3. The Morgan fingerprint density at radius 3 is 2.45 bits per heavy atom. The Labute approximate surface area is 184 Å². The number of anilines is 2. The number of rotatable bonds is 9. The molecule has 2 amide bonds. The summed E-state index contributed by atoms with van der Waals surface area (Å²) in [6, 6.07) is 16.2. The van der Waals surface area contributed by atoms with E-state index >= 15 is 0 Å². The highest BCUT2D eigenvalue weighted by Gasteiger charge is 2.13. The molecule has 3 aromatic rings. The van der Waals surface area contributed by atoms with Crippen molar-refractivity contribution in [3.63, 3.8) is 0 Å². The maximum atomic E-state index is 12.4. The third-order valence-electron chi connectivity index (χ3n) is 4.28. The number of aromatic nitrogens is 1. The van der Waals surface area contributed by atoms with Gasteiger partial charge in [-0.25, -0.2) is 9.78 Å². The van der Waals surface area contributed by atoms with Crippen molar-refractivity contribution in [2.75, 3.05) is 17.2 Å². The minimum Gasteiger partial charge on any atom is -0.462 e. The number of ether oxygens (including phenoxy) is 1. The number of nitrogens with zero attached hydrogens (tertiary/aromatic N) is 1. The molecule has 1 aromatic heterocycles. The van der Waals surface area contributed by atoms with Crippen LogP contribution in [0.4, 0.5) is 10.8 Å². The van der Waals surface area contributed by atoms with Crippen molar-refractivity contribution in [3.05, 3.63) is 76.8 Å². The number of thiazole rings is 1. The van der Waals surface area contributed by atoms with Gasteiger partial charge < -0.3 is 15.4 Å². The lowest BCUT2D eigenvalue weighted by Gasteiger charge is -2.06. The molecule has 0 radical (unpaired) electrons. The van der Waals surface area contributed by atoms with Gasteiger partial charge in [-0.3, -0.25) is 9.59 Å². The Morgan fingerprint density at radius 2 is 1.74 bits per heavy atom. The SMILES string of the molecule is CCCOC(=O)c1ccc(NC(=O)c2csc(NC(=O)CCc3ccccc3)n2)cc1. The van der Waals surface area contributed by atoms with Gasteiger partial charge in [-0.1, -0.05) is 37.3 Å². The molecule has 0 aliphatic rings. The molecule has 0 saturated carbocycles.